The van der Waals surface area contributed by atoms with Gasteiger partial charge in [0.25, 0.3) is 5.69 Å². The second-order valence-electron chi connectivity index (χ2n) is 5.89. The minimum absolute atomic E-state index is 0.0473. The van der Waals surface area contributed by atoms with E-state index in [4.69, 9.17) is 5.73 Å². The Labute approximate surface area is 171 Å². The normalized spacial score (nSPS) is 9.97. The van der Waals surface area contributed by atoms with Gasteiger partial charge >= 0.3 is 0 Å². The number of nitrogens with zero attached hydrogens (tertiary/aromatic N) is 2. The van der Waals surface area contributed by atoms with Gasteiger partial charge in [-0.2, -0.15) is 0 Å². The molecule has 0 bridgehead atoms. The standard InChI is InChI=1S/C21H8F5N3O2/c22-17-14(18(23)20(25)21(26)19(17)24)4-3-13-9-15(27)12(10-16(13)29(30)31)2-1-11-5-7-28-8-6-11/h5-10H,27H2. The van der Waals surface area contributed by atoms with Crippen LogP contribution in [0.15, 0.2) is 36.7 Å². The zero-order chi connectivity index (χ0) is 22.7. The van der Waals surface area contributed by atoms with Crippen LogP contribution in [0, 0.1) is 62.9 Å². The summed E-state index contributed by atoms with van der Waals surface area (Å²) in [6.07, 6.45) is 2.99. The van der Waals surface area contributed by atoms with Crippen LogP contribution in [0.1, 0.15) is 22.3 Å². The van der Waals surface area contributed by atoms with E-state index < -0.39 is 50.8 Å². The molecule has 0 saturated heterocycles. The summed E-state index contributed by atoms with van der Waals surface area (Å²) in [5.41, 5.74) is 3.97. The minimum Gasteiger partial charge on any atom is -0.398 e. The fraction of sp³-hybridized carbons (Fsp3) is 0. The van der Waals surface area contributed by atoms with E-state index in [9.17, 15) is 32.1 Å². The Hall–Kier alpha value is -4.44. The van der Waals surface area contributed by atoms with E-state index in [-0.39, 0.29) is 11.3 Å². The lowest BCUT2D eigenvalue weighted by Gasteiger charge is -2.03. The lowest BCUT2D eigenvalue weighted by molar-refractivity contribution is -0.385. The molecule has 0 amide bonds. The summed E-state index contributed by atoms with van der Waals surface area (Å²) in [7, 11) is 0. The number of hydrogen-bond donors (Lipinski definition) is 1. The summed E-state index contributed by atoms with van der Waals surface area (Å²) in [4.78, 5) is 14.4. The molecule has 31 heavy (non-hydrogen) atoms. The Morgan fingerprint density at radius 3 is 1.94 bits per heavy atom. The molecule has 0 aliphatic rings. The Morgan fingerprint density at radius 1 is 0.806 bits per heavy atom. The Balaban J connectivity index is 2.11. The molecular formula is C21H8F5N3O2. The van der Waals surface area contributed by atoms with Crippen molar-refractivity contribution in [2.75, 3.05) is 5.73 Å². The molecule has 5 nitrogen and oxygen atoms in total. The summed E-state index contributed by atoms with van der Waals surface area (Å²) in [6.45, 7) is 0. The van der Waals surface area contributed by atoms with Crippen LogP contribution in [-0.2, 0) is 0 Å². The van der Waals surface area contributed by atoms with Gasteiger partial charge < -0.3 is 5.73 Å². The van der Waals surface area contributed by atoms with Crippen LogP contribution < -0.4 is 5.73 Å². The highest BCUT2D eigenvalue weighted by Gasteiger charge is 2.25. The van der Waals surface area contributed by atoms with Crippen molar-refractivity contribution in [2.24, 2.45) is 0 Å². The number of anilines is 1. The van der Waals surface area contributed by atoms with Gasteiger partial charge in [-0.1, -0.05) is 23.7 Å². The molecule has 3 rings (SSSR count). The van der Waals surface area contributed by atoms with Gasteiger partial charge in [0.05, 0.1) is 10.5 Å². The maximum atomic E-state index is 13.8. The topological polar surface area (TPSA) is 82.0 Å². The van der Waals surface area contributed by atoms with Gasteiger partial charge in [0, 0.05) is 29.7 Å². The van der Waals surface area contributed by atoms with Crippen LogP contribution in [-0.4, -0.2) is 9.91 Å². The molecule has 154 valence electrons. The summed E-state index contributed by atoms with van der Waals surface area (Å²) in [5.74, 6) is -1.83. The molecule has 0 radical (unpaired) electrons. The van der Waals surface area contributed by atoms with E-state index in [1.54, 1.807) is 18.1 Å². The van der Waals surface area contributed by atoms with Crippen LogP contribution in [0.4, 0.5) is 33.3 Å². The summed E-state index contributed by atoms with van der Waals surface area (Å²) >= 11 is 0. The SMILES string of the molecule is Nc1cc(C#Cc2c(F)c(F)c(F)c(F)c2F)c([N+](=O)[O-])cc1C#Cc1ccncc1. The number of nitrogens with two attached hydrogens (primary N) is 1. The molecule has 0 atom stereocenters. The van der Waals surface area contributed by atoms with Gasteiger partial charge in [0.2, 0.25) is 5.82 Å². The number of nitro benzene ring substituents is 1. The molecule has 0 spiro atoms. The van der Waals surface area contributed by atoms with Gasteiger partial charge in [-0.25, -0.2) is 22.0 Å². The molecule has 3 aromatic rings. The number of nitro groups is 1. The zero-order valence-electron chi connectivity index (χ0n) is 15.1. The van der Waals surface area contributed by atoms with Crippen LogP contribution in [0.3, 0.4) is 0 Å². The number of benzene rings is 2. The molecular weight excluding hydrogens is 421 g/mol. The van der Waals surface area contributed by atoms with Crippen molar-refractivity contribution >= 4 is 11.4 Å². The largest absolute Gasteiger partial charge is 0.398 e. The molecule has 10 heteroatoms. The monoisotopic (exact) mass is 429 g/mol. The highest BCUT2D eigenvalue weighted by atomic mass is 19.2. The van der Waals surface area contributed by atoms with Crippen molar-refractivity contribution in [3.8, 4) is 23.7 Å². The Bertz CT molecular complexity index is 1310. The van der Waals surface area contributed by atoms with E-state index in [1.807, 2.05) is 5.92 Å². The van der Waals surface area contributed by atoms with Crippen molar-refractivity contribution < 1.29 is 26.9 Å². The minimum atomic E-state index is -2.34. The van der Waals surface area contributed by atoms with Crippen molar-refractivity contribution in [1.82, 2.24) is 4.98 Å². The fourth-order valence-electron chi connectivity index (χ4n) is 2.38. The number of pyridine rings is 1. The van der Waals surface area contributed by atoms with Crippen molar-refractivity contribution in [2.45, 2.75) is 0 Å². The maximum absolute atomic E-state index is 13.8. The first-order valence-electron chi connectivity index (χ1n) is 8.24. The highest BCUT2D eigenvalue weighted by molar-refractivity contribution is 5.68. The third-order valence-electron chi connectivity index (χ3n) is 3.92. The molecule has 0 saturated carbocycles. The lowest BCUT2D eigenvalue weighted by Crippen LogP contribution is -2.04. The van der Waals surface area contributed by atoms with Gasteiger partial charge in [-0.3, -0.25) is 15.1 Å². The van der Waals surface area contributed by atoms with Crippen LogP contribution >= 0.6 is 0 Å². The summed E-state index contributed by atoms with van der Waals surface area (Å²) in [5, 5.41) is 11.4. The first kappa shape index (κ1) is 21.3. The number of nitrogen functional groups attached to an aromatic ring is 1. The number of rotatable bonds is 1. The molecule has 2 N–H and O–H groups in total. The van der Waals surface area contributed by atoms with E-state index in [2.05, 4.69) is 16.8 Å². The molecule has 2 aromatic carbocycles. The quantitative estimate of drug-likeness (QED) is 0.120. The molecule has 0 aliphatic carbocycles. The molecule has 0 unspecified atom stereocenters. The first-order valence-corrected chi connectivity index (χ1v) is 8.24. The van der Waals surface area contributed by atoms with Crippen molar-refractivity contribution in [3.05, 3.63) is 98.1 Å². The predicted molar refractivity (Wildman–Crippen MR) is 99.9 cm³/mol. The fourth-order valence-corrected chi connectivity index (χ4v) is 2.38. The van der Waals surface area contributed by atoms with Crippen LogP contribution in [0.2, 0.25) is 0 Å². The molecule has 0 fully saturated rings. The zero-order valence-corrected chi connectivity index (χ0v) is 15.1. The Morgan fingerprint density at radius 2 is 1.35 bits per heavy atom. The summed E-state index contributed by atoms with van der Waals surface area (Å²) in [6, 6.07) is 5.21. The average molecular weight is 429 g/mol. The van der Waals surface area contributed by atoms with Crippen molar-refractivity contribution in [3.63, 3.8) is 0 Å². The average Bonchev–Trinajstić information content (AvgIpc) is 2.76. The van der Waals surface area contributed by atoms with E-state index in [0.29, 0.717) is 5.56 Å². The van der Waals surface area contributed by atoms with E-state index in [1.165, 1.54) is 12.4 Å². The maximum Gasteiger partial charge on any atom is 0.286 e. The molecule has 0 aliphatic heterocycles. The van der Waals surface area contributed by atoms with Crippen LogP contribution in [0.25, 0.3) is 0 Å². The van der Waals surface area contributed by atoms with Crippen molar-refractivity contribution in [1.29, 1.82) is 0 Å². The molecule has 1 aromatic heterocycles. The smallest absolute Gasteiger partial charge is 0.286 e. The third-order valence-corrected chi connectivity index (χ3v) is 3.92. The van der Waals surface area contributed by atoms with Gasteiger partial charge in [0.15, 0.2) is 23.3 Å². The van der Waals surface area contributed by atoms with E-state index >= 15 is 0 Å². The first-order chi connectivity index (χ1) is 14.7. The molecule has 1 heterocycles. The van der Waals surface area contributed by atoms with Gasteiger partial charge in [-0.15, -0.1) is 0 Å². The number of aromatic nitrogens is 1. The second kappa shape index (κ2) is 8.51. The second-order valence-corrected chi connectivity index (χ2v) is 5.89. The number of hydrogen-bond acceptors (Lipinski definition) is 4. The third kappa shape index (κ3) is 4.28. The highest BCUT2D eigenvalue weighted by Crippen LogP contribution is 2.26. The van der Waals surface area contributed by atoms with E-state index in [0.717, 1.165) is 12.1 Å². The summed E-state index contributed by atoms with van der Waals surface area (Å²) < 4.78 is 67.3. The van der Waals surface area contributed by atoms with Gasteiger partial charge in [-0.05, 0) is 18.2 Å². The van der Waals surface area contributed by atoms with Crippen LogP contribution in [0.5, 0.6) is 0 Å². The number of halogens is 5. The predicted octanol–water partition coefficient (Wildman–Crippen LogP) is 4.07. The van der Waals surface area contributed by atoms with Gasteiger partial charge in [0.1, 0.15) is 11.1 Å². The lowest BCUT2D eigenvalue weighted by atomic mass is 10.1. The Kier molecular flexibility index (Phi) is 5.84.